The molecule has 0 unspecified atom stereocenters. The lowest BCUT2D eigenvalue weighted by atomic mass is 9.96. The van der Waals surface area contributed by atoms with E-state index in [0.717, 1.165) is 0 Å². The van der Waals surface area contributed by atoms with Gasteiger partial charge in [0.25, 0.3) is 5.70 Å². The lowest BCUT2D eigenvalue weighted by molar-refractivity contribution is -0.135. The van der Waals surface area contributed by atoms with Crippen LogP contribution < -0.4 is 0 Å². The molecule has 0 aliphatic carbocycles. The number of rotatable bonds is 3. The lowest BCUT2D eigenvalue weighted by Crippen LogP contribution is -2.06. The van der Waals surface area contributed by atoms with Gasteiger partial charge in [-0.05, 0) is 35.4 Å². The van der Waals surface area contributed by atoms with Gasteiger partial charge in [0.05, 0.1) is 13.7 Å². The normalized spacial score (nSPS) is 9.73. The minimum atomic E-state index is -0.807. The molecular formula is C17H11F2NO2. The summed E-state index contributed by atoms with van der Waals surface area (Å²) in [6, 6.07) is 10.7. The van der Waals surface area contributed by atoms with E-state index in [0.29, 0.717) is 11.1 Å². The van der Waals surface area contributed by atoms with Crippen LogP contribution in [-0.2, 0) is 9.53 Å². The first kappa shape index (κ1) is 15.4. The molecule has 0 bridgehead atoms. The Morgan fingerprint density at radius 3 is 1.68 bits per heavy atom. The molecule has 0 fully saturated rings. The molecule has 0 radical (unpaired) electrons. The number of ether oxygens (including phenoxy) is 1. The Bertz CT molecular complexity index is 709. The predicted molar refractivity (Wildman–Crippen MR) is 77.4 cm³/mol. The monoisotopic (exact) mass is 299 g/mol. The van der Waals surface area contributed by atoms with Crippen LogP contribution in [0.25, 0.3) is 10.4 Å². The van der Waals surface area contributed by atoms with Crippen molar-refractivity contribution in [1.29, 1.82) is 0 Å². The summed E-state index contributed by atoms with van der Waals surface area (Å²) in [4.78, 5) is 15.0. The van der Waals surface area contributed by atoms with E-state index in [1.807, 2.05) is 0 Å². The molecule has 0 spiro atoms. The molecule has 22 heavy (non-hydrogen) atoms. The third-order valence-electron chi connectivity index (χ3n) is 2.99. The minimum absolute atomic E-state index is 0.249. The fraction of sp³-hybridized carbons (Fsp3) is 0.0588. The van der Waals surface area contributed by atoms with E-state index < -0.39 is 17.6 Å². The molecule has 0 N–H and O–H groups in total. The van der Waals surface area contributed by atoms with Crippen LogP contribution in [-0.4, -0.2) is 13.1 Å². The SMILES string of the molecule is [C-]#[N+]C(C(=O)OC)=C(c1ccc(F)cc1)c1ccc(F)cc1. The van der Waals surface area contributed by atoms with Crippen molar-refractivity contribution in [2.45, 2.75) is 0 Å². The molecule has 0 aliphatic heterocycles. The van der Waals surface area contributed by atoms with Crippen molar-refractivity contribution in [1.82, 2.24) is 0 Å². The number of halogens is 2. The molecule has 0 atom stereocenters. The molecule has 2 rings (SSSR count). The van der Waals surface area contributed by atoms with Gasteiger partial charge in [-0.1, -0.05) is 24.3 Å². The number of esters is 1. The second kappa shape index (κ2) is 6.64. The molecule has 110 valence electrons. The average Bonchev–Trinajstić information content (AvgIpc) is 2.54. The smallest absolute Gasteiger partial charge is 0.336 e. The van der Waals surface area contributed by atoms with E-state index in [4.69, 9.17) is 6.57 Å². The van der Waals surface area contributed by atoms with Gasteiger partial charge in [0.2, 0.25) is 0 Å². The third-order valence-corrected chi connectivity index (χ3v) is 2.99. The van der Waals surface area contributed by atoms with E-state index in [9.17, 15) is 13.6 Å². The van der Waals surface area contributed by atoms with Crippen molar-refractivity contribution >= 4 is 11.5 Å². The van der Waals surface area contributed by atoms with Gasteiger partial charge in [0, 0.05) is 5.57 Å². The average molecular weight is 299 g/mol. The highest BCUT2D eigenvalue weighted by Crippen LogP contribution is 2.28. The maximum absolute atomic E-state index is 13.1. The number of methoxy groups -OCH3 is 1. The van der Waals surface area contributed by atoms with Gasteiger partial charge in [0.15, 0.2) is 0 Å². The molecule has 3 nitrogen and oxygen atoms in total. The molecular weight excluding hydrogens is 288 g/mol. The second-order valence-corrected chi connectivity index (χ2v) is 4.34. The van der Waals surface area contributed by atoms with Crippen molar-refractivity contribution in [2.24, 2.45) is 0 Å². The van der Waals surface area contributed by atoms with Crippen LogP contribution in [0, 0.1) is 18.2 Å². The summed E-state index contributed by atoms with van der Waals surface area (Å²) >= 11 is 0. The number of benzene rings is 2. The summed E-state index contributed by atoms with van der Waals surface area (Å²) in [6.45, 7) is 7.23. The van der Waals surface area contributed by atoms with Crippen molar-refractivity contribution in [3.63, 3.8) is 0 Å². The van der Waals surface area contributed by atoms with Crippen LogP contribution in [0.5, 0.6) is 0 Å². The van der Waals surface area contributed by atoms with Crippen molar-refractivity contribution in [3.05, 3.63) is 88.4 Å². The van der Waals surface area contributed by atoms with Gasteiger partial charge in [-0.2, -0.15) is 0 Å². The van der Waals surface area contributed by atoms with Crippen LogP contribution in [0.4, 0.5) is 8.78 Å². The summed E-state index contributed by atoms with van der Waals surface area (Å²) < 4.78 is 30.8. The lowest BCUT2D eigenvalue weighted by Gasteiger charge is -2.11. The van der Waals surface area contributed by atoms with Crippen molar-refractivity contribution in [3.8, 4) is 0 Å². The zero-order valence-corrected chi connectivity index (χ0v) is 11.6. The number of carbonyl (C=O) groups excluding carboxylic acids is 1. The molecule has 0 heterocycles. The Balaban J connectivity index is 2.71. The maximum atomic E-state index is 13.1. The quantitative estimate of drug-likeness (QED) is 0.490. The van der Waals surface area contributed by atoms with Gasteiger partial charge in [-0.25, -0.2) is 13.6 Å². The third kappa shape index (κ3) is 3.18. The Morgan fingerprint density at radius 2 is 1.36 bits per heavy atom. The first-order valence-electron chi connectivity index (χ1n) is 6.28. The molecule has 0 saturated heterocycles. The molecule has 2 aromatic rings. The second-order valence-electron chi connectivity index (χ2n) is 4.34. The summed E-state index contributed by atoms with van der Waals surface area (Å²) in [5.74, 6) is -1.69. The summed E-state index contributed by atoms with van der Waals surface area (Å²) in [7, 11) is 1.17. The molecule has 0 aromatic heterocycles. The van der Waals surface area contributed by atoms with Gasteiger partial charge in [-0.15, -0.1) is 0 Å². The van der Waals surface area contributed by atoms with E-state index in [1.54, 1.807) is 0 Å². The van der Waals surface area contributed by atoms with Gasteiger partial charge in [-0.3, -0.25) is 4.79 Å². The number of carbonyl (C=O) groups is 1. The van der Waals surface area contributed by atoms with Crippen LogP contribution in [0.2, 0.25) is 0 Å². The zero-order chi connectivity index (χ0) is 16.1. The number of hydrogen-bond acceptors (Lipinski definition) is 2. The first-order chi connectivity index (χ1) is 10.6. The first-order valence-corrected chi connectivity index (χ1v) is 6.28. The number of hydrogen-bond donors (Lipinski definition) is 0. The minimum Gasteiger partial charge on any atom is -0.474 e. The molecule has 0 aliphatic rings. The summed E-state index contributed by atoms with van der Waals surface area (Å²) in [6.07, 6.45) is 0. The summed E-state index contributed by atoms with van der Waals surface area (Å²) in [5, 5.41) is 0. The highest BCUT2D eigenvalue weighted by atomic mass is 19.1. The number of nitrogens with zero attached hydrogens (tertiary/aromatic N) is 1. The molecule has 0 saturated carbocycles. The predicted octanol–water partition coefficient (Wildman–Crippen LogP) is 3.82. The van der Waals surface area contributed by atoms with Crippen LogP contribution in [0.1, 0.15) is 11.1 Å². The van der Waals surface area contributed by atoms with Gasteiger partial charge < -0.3 is 4.74 Å². The highest BCUT2D eigenvalue weighted by Gasteiger charge is 2.19. The van der Waals surface area contributed by atoms with Crippen LogP contribution >= 0.6 is 0 Å². The topological polar surface area (TPSA) is 30.7 Å². The van der Waals surface area contributed by atoms with E-state index in [2.05, 4.69) is 9.58 Å². The Hall–Kier alpha value is -3.00. The Kier molecular flexibility index (Phi) is 4.64. The van der Waals surface area contributed by atoms with Crippen LogP contribution in [0.15, 0.2) is 54.2 Å². The molecule has 5 heteroatoms. The van der Waals surface area contributed by atoms with Crippen LogP contribution in [0.3, 0.4) is 0 Å². The van der Waals surface area contributed by atoms with E-state index in [-0.39, 0.29) is 11.3 Å². The zero-order valence-electron chi connectivity index (χ0n) is 11.6. The van der Waals surface area contributed by atoms with Gasteiger partial charge in [0.1, 0.15) is 11.6 Å². The Labute approximate surface area is 126 Å². The Morgan fingerprint density at radius 1 is 0.955 bits per heavy atom. The van der Waals surface area contributed by atoms with Gasteiger partial charge >= 0.3 is 5.97 Å². The standard InChI is InChI=1S/C17H11F2NO2/c1-20-16(17(21)22-2)15(11-3-7-13(18)8-4-11)12-5-9-14(19)10-6-12/h3-10H,2H3. The van der Waals surface area contributed by atoms with Crippen molar-refractivity contribution in [2.75, 3.05) is 7.11 Å². The van der Waals surface area contributed by atoms with Crippen molar-refractivity contribution < 1.29 is 18.3 Å². The summed E-state index contributed by atoms with van der Waals surface area (Å²) in [5.41, 5.74) is 0.941. The van der Waals surface area contributed by atoms with E-state index in [1.165, 1.54) is 55.6 Å². The molecule has 0 amide bonds. The fourth-order valence-electron chi connectivity index (χ4n) is 1.97. The maximum Gasteiger partial charge on any atom is 0.336 e. The fourth-order valence-corrected chi connectivity index (χ4v) is 1.97. The van der Waals surface area contributed by atoms with E-state index >= 15 is 0 Å². The largest absolute Gasteiger partial charge is 0.474 e. The highest BCUT2D eigenvalue weighted by molar-refractivity contribution is 6.03. The molecule has 2 aromatic carbocycles.